The van der Waals surface area contributed by atoms with E-state index in [9.17, 15) is 4.79 Å². The molecule has 15 heavy (non-hydrogen) atoms. The summed E-state index contributed by atoms with van der Waals surface area (Å²) in [6.07, 6.45) is 1.29. The van der Waals surface area contributed by atoms with Crippen LogP contribution in [0.2, 0.25) is 10.0 Å². The molecule has 0 unspecified atom stereocenters. The molecule has 0 spiro atoms. The Kier molecular flexibility index (Phi) is 2.50. The molecule has 1 aromatic heterocycles. The predicted octanol–water partition coefficient (Wildman–Crippen LogP) is 3.24. The van der Waals surface area contributed by atoms with Crippen LogP contribution in [-0.2, 0) is 0 Å². The molecule has 0 bridgehead atoms. The maximum atomic E-state index is 10.7. The summed E-state index contributed by atoms with van der Waals surface area (Å²) < 4.78 is 0. The van der Waals surface area contributed by atoms with Crippen LogP contribution in [0.3, 0.4) is 0 Å². The van der Waals surface area contributed by atoms with E-state index in [2.05, 4.69) is 4.98 Å². The molecule has 0 atom stereocenters. The smallest absolute Gasteiger partial charge is 0.337 e. The molecule has 0 radical (unpaired) electrons. The third kappa shape index (κ3) is 1.89. The molecule has 2 aromatic rings. The van der Waals surface area contributed by atoms with Crippen molar-refractivity contribution in [1.82, 2.24) is 4.98 Å². The lowest BCUT2D eigenvalue weighted by atomic mass is 10.1. The van der Waals surface area contributed by atoms with E-state index >= 15 is 0 Å². The van der Waals surface area contributed by atoms with Crippen molar-refractivity contribution in [3.63, 3.8) is 0 Å². The van der Waals surface area contributed by atoms with Gasteiger partial charge in [-0.3, -0.25) is 4.98 Å². The lowest BCUT2D eigenvalue weighted by molar-refractivity contribution is 0.0696. The largest absolute Gasteiger partial charge is 0.478 e. The fourth-order valence-electron chi connectivity index (χ4n) is 1.24. The first-order chi connectivity index (χ1) is 7.08. The minimum absolute atomic E-state index is 0.126. The van der Waals surface area contributed by atoms with Gasteiger partial charge in [-0.05, 0) is 18.2 Å². The number of hydrogen-bond donors (Lipinski definition) is 1. The number of pyridine rings is 1. The van der Waals surface area contributed by atoms with Crippen molar-refractivity contribution in [3.8, 4) is 0 Å². The molecule has 2 rings (SSSR count). The zero-order chi connectivity index (χ0) is 11.0. The molecule has 1 heterocycles. The number of aromatic carboxylic acids is 1. The Morgan fingerprint density at radius 3 is 2.53 bits per heavy atom. The van der Waals surface area contributed by atoms with E-state index in [-0.39, 0.29) is 5.56 Å². The second kappa shape index (κ2) is 3.68. The Bertz CT molecular complexity index is 554. The van der Waals surface area contributed by atoms with Crippen molar-refractivity contribution >= 4 is 40.1 Å². The predicted molar refractivity (Wildman–Crippen MR) is 58.7 cm³/mol. The van der Waals surface area contributed by atoms with Crippen LogP contribution in [0.1, 0.15) is 10.4 Å². The van der Waals surface area contributed by atoms with Gasteiger partial charge in [-0.25, -0.2) is 4.79 Å². The minimum Gasteiger partial charge on any atom is -0.478 e. The van der Waals surface area contributed by atoms with Gasteiger partial charge >= 0.3 is 5.97 Å². The van der Waals surface area contributed by atoms with Gasteiger partial charge in [0.15, 0.2) is 0 Å². The number of fused-ring (bicyclic) bond motifs is 1. The highest BCUT2D eigenvalue weighted by atomic mass is 35.5. The van der Waals surface area contributed by atoms with Gasteiger partial charge in [-0.2, -0.15) is 0 Å². The highest BCUT2D eigenvalue weighted by Crippen LogP contribution is 2.27. The molecule has 0 aliphatic heterocycles. The highest BCUT2D eigenvalue weighted by Gasteiger charge is 2.06. The van der Waals surface area contributed by atoms with Crippen LogP contribution in [0.15, 0.2) is 24.4 Å². The molecule has 0 saturated heterocycles. The number of nitrogens with zero attached hydrogens (tertiary/aromatic N) is 1. The number of carboxylic acid groups (broad SMARTS) is 1. The van der Waals surface area contributed by atoms with E-state index in [1.807, 2.05) is 0 Å². The van der Waals surface area contributed by atoms with E-state index < -0.39 is 5.97 Å². The monoisotopic (exact) mass is 241 g/mol. The van der Waals surface area contributed by atoms with E-state index in [0.717, 1.165) is 0 Å². The van der Waals surface area contributed by atoms with Gasteiger partial charge < -0.3 is 5.11 Å². The Balaban J connectivity index is 2.72. The van der Waals surface area contributed by atoms with Crippen LogP contribution >= 0.6 is 23.2 Å². The summed E-state index contributed by atoms with van der Waals surface area (Å²) in [5, 5.41) is 10.2. The molecule has 1 N–H and O–H groups in total. The van der Waals surface area contributed by atoms with Crippen molar-refractivity contribution < 1.29 is 9.90 Å². The average Bonchev–Trinajstić information content (AvgIpc) is 2.19. The molecule has 76 valence electrons. The first kappa shape index (κ1) is 10.2. The minimum atomic E-state index is -1.02. The van der Waals surface area contributed by atoms with E-state index in [4.69, 9.17) is 28.3 Å². The fraction of sp³-hybridized carbons (Fsp3) is 0. The van der Waals surface area contributed by atoms with Crippen LogP contribution in [0.4, 0.5) is 0 Å². The molecular weight excluding hydrogens is 237 g/mol. The standard InChI is InChI=1S/C10H5Cl2NO2/c11-7-2-5-1-6(10(14)15)4-13-9(5)3-8(7)12/h1-4H,(H,14,15). The van der Waals surface area contributed by atoms with Crippen molar-refractivity contribution in [1.29, 1.82) is 0 Å². The lowest BCUT2D eigenvalue weighted by Gasteiger charge is -2.01. The molecule has 0 saturated carbocycles. The lowest BCUT2D eigenvalue weighted by Crippen LogP contribution is -1.96. The molecular formula is C10H5Cl2NO2. The maximum Gasteiger partial charge on any atom is 0.337 e. The van der Waals surface area contributed by atoms with Crippen molar-refractivity contribution in [2.45, 2.75) is 0 Å². The maximum absolute atomic E-state index is 10.7. The first-order valence-electron chi connectivity index (χ1n) is 4.06. The summed E-state index contributed by atoms with van der Waals surface area (Å²) in [5.74, 6) is -1.02. The van der Waals surface area contributed by atoms with Crippen LogP contribution in [0.25, 0.3) is 10.9 Å². The average molecular weight is 242 g/mol. The second-order valence-electron chi connectivity index (χ2n) is 2.99. The van der Waals surface area contributed by atoms with Crippen LogP contribution in [-0.4, -0.2) is 16.1 Å². The Labute approximate surface area is 95.3 Å². The topological polar surface area (TPSA) is 50.2 Å². The number of benzene rings is 1. The van der Waals surface area contributed by atoms with Crippen LogP contribution < -0.4 is 0 Å². The number of carbonyl (C=O) groups is 1. The van der Waals surface area contributed by atoms with Gasteiger partial charge in [0, 0.05) is 11.6 Å². The van der Waals surface area contributed by atoms with Gasteiger partial charge in [0.05, 0.1) is 21.1 Å². The molecule has 0 aliphatic rings. The molecule has 1 aromatic carbocycles. The second-order valence-corrected chi connectivity index (χ2v) is 3.80. The third-order valence-corrected chi connectivity index (χ3v) is 2.69. The number of rotatable bonds is 1. The van der Waals surface area contributed by atoms with Crippen molar-refractivity contribution in [2.75, 3.05) is 0 Å². The van der Waals surface area contributed by atoms with Gasteiger partial charge in [0.1, 0.15) is 0 Å². The SMILES string of the molecule is O=C(O)c1cnc2cc(Cl)c(Cl)cc2c1. The zero-order valence-corrected chi connectivity index (χ0v) is 8.88. The van der Waals surface area contributed by atoms with Crippen LogP contribution in [0.5, 0.6) is 0 Å². The summed E-state index contributed by atoms with van der Waals surface area (Å²) in [6, 6.07) is 4.70. The summed E-state index contributed by atoms with van der Waals surface area (Å²) >= 11 is 11.6. The summed E-state index contributed by atoms with van der Waals surface area (Å²) in [4.78, 5) is 14.7. The normalized spacial score (nSPS) is 10.5. The van der Waals surface area contributed by atoms with Crippen LogP contribution in [0, 0.1) is 0 Å². The number of halogens is 2. The Hall–Kier alpha value is -1.32. The molecule has 3 nitrogen and oxygen atoms in total. The van der Waals surface area contributed by atoms with E-state index in [0.29, 0.717) is 20.9 Å². The summed E-state index contributed by atoms with van der Waals surface area (Å²) in [5.41, 5.74) is 0.746. The first-order valence-corrected chi connectivity index (χ1v) is 4.81. The number of hydrogen-bond acceptors (Lipinski definition) is 2. The van der Waals surface area contributed by atoms with Crippen molar-refractivity contribution in [3.05, 3.63) is 40.0 Å². The molecule has 5 heteroatoms. The highest BCUT2D eigenvalue weighted by molar-refractivity contribution is 6.42. The summed E-state index contributed by atoms with van der Waals surface area (Å²) in [6.45, 7) is 0. The van der Waals surface area contributed by atoms with Gasteiger partial charge in [0.2, 0.25) is 0 Å². The third-order valence-electron chi connectivity index (χ3n) is 1.97. The summed E-state index contributed by atoms with van der Waals surface area (Å²) in [7, 11) is 0. The zero-order valence-electron chi connectivity index (χ0n) is 7.37. The van der Waals surface area contributed by atoms with E-state index in [1.54, 1.807) is 12.1 Å². The van der Waals surface area contributed by atoms with E-state index in [1.165, 1.54) is 12.3 Å². The van der Waals surface area contributed by atoms with Gasteiger partial charge in [0.25, 0.3) is 0 Å². The van der Waals surface area contributed by atoms with Gasteiger partial charge in [-0.15, -0.1) is 0 Å². The Morgan fingerprint density at radius 1 is 1.20 bits per heavy atom. The number of aromatic nitrogens is 1. The number of carboxylic acids is 1. The molecule has 0 amide bonds. The molecule has 0 fully saturated rings. The quantitative estimate of drug-likeness (QED) is 0.834. The van der Waals surface area contributed by atoms with Crippen molar-refractivity contribution in [2.24, 2.45) is 0 Å². The molecule has 0 aliphatic carbocycles. The Morgan fingerprint density at radius 2 is 1.87 bits per heavy atom. The van der Waals surface area contributed by atoms with Gasteiger partial charge in [-0.1, -0.05) is 23.2 Å². The fourth-order valence-corrected chi connectivity index (χ4v) is 1.57.